The Morgan fingerprint density at radius 2 is 1.90 bits per heavy atom. The lowest BCUT2D eigenvalue weighted by molar-refractivity contribution is 0.103. The molecule has 0 spiro atoms. The first-order valence-corrected chi connectivity index (χ1v) is 6.76. The smallest absolute Gasteiger partial charge is 0.303 e. The monoisotopic (exact) mass is 356 g/mol. The zero-order chi connectivity index (χ0) is 15.0. The van der Waals surface area contributed by atoms with E-state index in [9.17, 15) is 14.4 Å². The van der Waals surface area contributed by atoms with Crippen LogP contribution >= 0.6 is 27.5 Å². The molecule has 2 aromatic rings. The molecule has 1 aromatic carbocycles. The molecule has 0 aliphatic carbocycles. The van der Waals surface area contributed by atoms with Gasteiger partial charge in [0, 0.05) is 30.3 Å². The minimum absolute atomic E-state index is 0.0759. The van der Waals surface area contributed by atoms with E-state index in [2.05, 4.69) is 15.9 Å². The second-order valence-electron chi connectivity index (χ2n) is 4.26. The first kappa shape index (κ1) is 14.7. The van der Waals surface area contributed by atoms with Gasteiger partial charge in [0.05, 0.1) is 5.02 Å². The maximum Gasteiger partial charge on any atom is 0.330 e. The lowest BCUT2D eigenvalue weighted by Crippen LogP contribution is -2.39. The number of hydrogen-bond donors (Lipinski definition) is 0. The summed E-state index contributed by atoms with van der Waals surface area (Å²) in [7, 11) is 2.81. The fourth-order valence-electron chi connectivity index (χ4n) is 1.76. The lowest BCUT2D eigenvalue weighted by atomic mass is 10.1. The average Bonchev–Trinajstić information content (AvgIpc) is 2.43. The highest BCUT2D eigenvalue weighted by atomic mass is 79.9. The molecule has 2 rings (SSSR count). The van der Waals surface area contributed by atoms with Crippen LogP contribution in [0.4, 0.5) is 0 Å². The summed E-state index contributed by atoms with van der Waals surface area (Å²) in [4.78, 5) is 35.9. The van der Waals surface area contributed by atoms with Gasteiger partial charge in [-0.25, -0.2) is 4.79 Å². The zero-order valence-electron chi connectivity index (χ0n) is 10.7. The molecule has 0 unspecified atom stereocenters. The van der Waals surface area contributed by atoms with Crippen LogP contribution in [0.25, 0.3) is 0 Å². The summed E-state index contributed by atoms with van der Waals surface area (Å²) in [5, 5.41) is 0.373. The number of nitrogens with zero attached hydrogens (tertiary/aromatic N) is 2. The maximum absolute atomic E-state index is 12.3. The molecule has 0 amide bonds. The number of carbonyl (C=O) groups excluding carboxylic acids is 1. The summed E-state index contributed by atoms with van der Waals surface area (Å²) in [6.45, 7) is 0. The van der Waals surface area contributed by atoms with Crippen molar-refractivity contribution >= 4 is 33.3 Å². The van der Waals surface area contributed by atoms with Crippen LogP contribution in [0, 0.1) is 0 Å². The highest BCUT2D eigenvalue weighted by molar-refractivity contribution is 9.10. The quantitative estimate of drug-likeness (QED) is 0.769. The van der Waals surface area contributed by atoms with Crippen molar-refractivity contribution in [3.8, 4) is 0 Å². The third-order valence-corrected chi connectivity index (χ3v) is 4.11. The largest absolute Gasteiger partial charge is 0.330 e. The predicted molar refractivity (Wildman–Crippen MR) is 79.5 cm³/mol. The molecule has 0 N–H and O–H groups in total. The van der Waals surface area contributed by atoms with Crippen LogP contribution in [-0.4, -0.2) is 14.9 Å². The first-order chi connectivity index (χ1) is 9.32. The number of hydrogen-bond acceptors (Lipinski definition) is 3. The number of halogens is 2. The van der Waals surface area contributed by atoms with Crippen molar-refractivity contribution < 1.29 is 4.79 Å². The molecule has 20 heavy (non-hydrogen) atoms. The summed E-state index contributed by atoms with van der Waals surface area (Å²) >= 11 is 9.16. The molecule has 0 saturated heterocycles. The van der Waals surface area contributed by atoms with Gasteiger partial charge in [-0.1, -0.05) is 11.6 Å². The molecule has 0 fully saturated rings. The van der Waals surface area contributed by atoms with Gasteiger partial charge >= 0.3 is 5.69 Å². The molecule has 5 nitrogen and oxygen atoms in total. The molecular weight excluding hydrogens is 348 g/mol. The van der Waals surface area contributed by atoms with Crippen molar-refractivity contribution in [2.45, 2.75) is 0 Å². The van der Waals surface area contributed by atoms with Crippen molar-refractivity contribution in [1.82, 2.24) is 9.13 Å². The molecule has 0 radical (unpaired) electrons. The first-order valence-electron chi connectivity index (χ1n) is 5.59. The number of aryl methyl sites for hydroxylation is 1. The molecular formula is C13H10BrClN2O3. The number of carbonyl (C=O) groups is 1. The van der Waals surface area contributed by atoms with E-state index >= 15 is 0 Å². The fourth-order valence-corrected chi connectivity index (χ4v) is 2.18. The number of aromatic nitrogens is 2. The van der Waals surface area contributed by atoms with E-state index in [-0.39, 0.29) is 11.1 Å². The van der Waals surface area contributed by atoms with Crippen LogP contribution in [0.15, 0.2) is 38.5 Å². The van der Waals surface area contributed by atoms with Crippen molar-refractivity contribution in [3.05, 3.63) is 65.9 Å². The van der Waals surface area contributed by atoms with Gasteiger partial charge in [-0.05, 0) is 34.1 Å². The molecule has 0 atom stereocenters. The van der Waals surface area contributed by atoms with E-state index in [4.69, 9.17) is 11.6 Å². The van der Waals surface area contributed by atoms with Crippen LogP contribution in [0.1, 0.15) is 15.9 Å². The van der Waals surface area contributed by atoms with Gasteiger partial charge in [-0.15, -0.1) is 0 Å². The molecule has 1 aromatic heterocycles. The minimum atomic E-state index is -0.628. The van der Waals surface area contributed by atoms with E-state index in [0.29, 0.717) is 9.50 Å². The lowest BCUT2D eigenvalue weighted by Gasteiger charge is -2.06. The second kappa shape index (κ2) is 5.38. The number of benzene rings is 1. The van der Waals surface area contributed by atoms with E-state index in [1.165, 1.54) is 30.9 Å². The van der Waals surface area contributed by atoms with E-state index in [0.717, 1.165) is 4.57 Å². The van der Waals surface area contributed by atoms with Crippen LogP contribution in [0.3, 0.4) is 0 Å². The Morgan fingerprint density at radius 3 is 2.50 bits per heavy atom. The molecule has 104 valence electrons. The highest BCUT2D eigenvalue weighted by Gasteiger charge is 2.17. The second-order valence-corrected chi connectivity index (χ2v) is 5.52. The summed E-state index contributed by atoms with van der Waals surface area (Å²) in [6, 6.07) is 4.66. The van der Waals surface area contributed by atoms with Crippen molar-refractivity contribution in [2.75, 3.05) is 0 Å². The van der Waals surface area contributed by atoms with Gasteiger partial charge in [0.1, 0.15) is 5.56 Å². The van der Waals surface area contributed by atoms with Gasteiger partial charge in [-0.2, -0.15) is 0 Å². The van der Waals surface area contributed by atoms with Crippen molar-refractivity contribution in [2.24, 2.45) is 14.1 Å². The van der Waals surface area contributed by atoms with Gasteiger partial charge in [0.2, 0.25) is 0 Å². The standard InChI is InChI=1S/C13H10BrClN2O3/c1-16-6-8(12(19)17(2)13(16)20)11(18)7-3-4-9(14)10(15)5-7/h3-6H,1-2H3. The minimum Gasteiger partial charge on any atom is -0.303 e. The van der Waals surface area contributed by atoms with Crippen LogP contribution in [0.2, 0.25) is 5.02 Å². The molecule has 1 heterocycles. The Labute approximate surface area is 127 Å². The van der Waals surface area contributed by atoms with E-state index in [1.54, 1.807) is 12.1 Å². The Kier molecular flexibility index (Phi) is 3.96. The molecule has 0 saturated carbocycles. The Morgan fingerprint density at radius 1 is 1.25 bits per heavy atom. The van der Waals surface area contributed by atoms with Crippen molar-refractivity contribution in [1.29, 1.82) is 0 Å². The van der Waals surface area contributed by atoms with Crippen LogP contribution in [0.5, 0.6) is 0 Å². The molecule has 7 heteroatoms. The van der Waals surface area contributed by atoms with Gasteiger partial charge in [0.15, 0.2) is 5.78 Å². The molecule has 0 bridgehead atoms. The Bertz CT molecular complexity index is 823. The normalized spacial score (nSPS) is 10.6. The topological polar surface area (TPSA) is 61.1 Å². The SMILES string of the molecule is Cn1cc(C(=O)c2ccc(Br)c(Cl)c2)c(=O)n(C)c1=O. The Hall–Kier alpha value is -1.66. The van der Waals surface area contributed by atoms with Gasteiger partial charge in [0.25, 0.3) is 5.56 Å². The maximum atomic E-state index is 12.3. The fraction of sp³-hybridized carbons (Fsp3) is 0.154. The summed E-state index contributed by atoms with van der Waals surface area (Å²) in [6.07, 6.45) is 1.24. The Balaban J connectivity index is 2.62. The summed E-state index contributed by atoms with van der Waals surface area (Å²) in [5.74, 6) is -0.476. The van der Waals surface area contributed by atoms with Gasteiger partial charge < -0.3 is 4.57 Å². The van der Waals surface area contributed by atoms with Crippen molar-refractivity contribution in [3.63, 3.8) is 0 Å². The number of rotatable bonds is 2. The molecule has 0 aliphatic rings. The third-order valence-electron chi connectivity index (χ3n) is 2.87. The molecule has 0 aliphatic heterocycles. The van der Waals surface area contributed by atoms with E-state index in [1.807, 2.05) is 0 Å². The summed E-state index contributed by atoms with van der Waals surface area (Å²) < 4.78 is 2.74. The number of ketones is 1. The summed E-state index contributed by atoms with van der Waals surface area (Å²) in [5.41, 5.74) is -0.903. The third kappa shape index (κ3) is 2.48. The zero-order valence-corrected chi connectivity index (χ0v) is 13.0. The van der Waals surface area contributed by atoms with E-state index < -0.39 is 17.0 Å². The van der Waals surface area contributed by atoms with Crippen LogP contribution in [-0.2, 0) is 14.1 Å². The average molecular weight is 358 g/mol. The van der Waals surface area contributed by atoms with Gasteiger partial charge in [-0.3, -0.25) is 14.2 Å². The predicted octanol–water partition coefficient (Wildman–Crippen LogP) is 1.73. The highest BCUT2D eigenvalue weighted by Crippen LogP contribution is 2.23. The van der Waals surface area contributed by atoms with Crippen LogP contribution < -0.4 is 11.2 Å².